The summed E-state index contributed by atoms with van der Waals surface area (Å²) < 4.78 is 16.8. The van der Waals surface area contributed by atoms with Crippen LogP contribution in [0.25, 0.3) is 0 Å². The van der Waals surface area contributed by atoms with Crippen molar-refractivity contribution in [3.8, 4) is 0 Å². The fourth-order valence-electron chi connectivity index (χ4n) is 6.72. The van der Waals surface area contributed by atoms with Crippen molar-refractivity contribution in [1.82, 2.24) is 0 Å². The Hall–Kier alpha value is -4.19. The van der Waals surface area contributed by atoms with Crippen LogP contribution in [-0.4, -0.2) is 37.2 Å². The van der Waals surface area contributed by atoms with Gasteiger partial charge >= 0.3 is 17.9 Å². The lowest BCUT2D eigenvalue weighted by atomic mass is 10.1. The molecule has 0 rings (SSSR count). The fourth-order valence-corrected chi connectivity index (χ4v) is 6.72. The summed E-state index contributed by atoms with van der Waals surface area (Å²) in [6, 6.07) is 0. The quantitative estimate of drug-likeness (QED) is 0.0199. The van der Waals surface area contributed by atoms with Crippen LogP contribution in [0.4, 0.5) is 0 Å². The third kappa shape index (κ3) is 50.7. The molecule has 0 fully saturated rings. The molecule has 0 aromatic rings. The maximum Gasteiger partial charge on any atom is 0.306 e. The number of unbranched alkanes of at least 4 members (excludes halogenated alkanes) is 17. The first-order valence-corrected chi connectivity index (χ1v) is 26.1. The summed E-state index contributed by atoms with van der Waals surface area (Å²) in [6.07, 6.45) is 71.7. The Morgan fingerprint density at radius 2 is 0.631 bits per heavy atom. The number of rotatable bonds is 45. The number of hydrogen-bond donors (Lipinski definition) is 0. The molecule has 6 nitrogen and oxygen atoms in total. The zero-order valence-electron chi connectivity index (χ0n) is 41.7. The maximum absolute atomic E-state index is 12.8. The van der Waals surface area contributed by atoms with Crippen LogP contribution in [-0.2, 0) is 28.6 Å². The van der Waals surface area contributed by atoms with E-state index in [1.165, 1.54) is 25.7 Å². The molecule has 0 aliphatic carbocycles. The molecule has 0 saturated heterocycles. The predicted octanol–water partition coefficient (Wildman–Crippen LogP) is 17.3. The fraction of sp³-hybridized carbons (Fsp3) is 0.610. The average Bonchev–Trinajstić information content (AvgIpc) is 3.30. The van der Waals surface area contributed by atoms with Gasteiger partial charge in [0.2, 0.25) is 0 Å². The molecule has 0 bridgehead atoms. The highest BCUT2D eigenvalue weighted by atomic mass is 16.6. The zero-order valence-corrected chi connectivity index (χ0v) is 41.7. The molecule has 0 saturated carbocycles. The number of carbonyl (C=O) groups is 3. The molecule has 0 spiro atoms. The Morgan fingerprint density at radius 1 is 0.323 bits per heavy atom. The Bertz CT molecular complexity index is 1400. The second-order valence-corrected chi connectivity index (χ2v) is 16.7. The molecule has 366 valence electrons. The smallest absolute Gasteiger partial charge is 0.306 e. The third-order valence-electron chi connectivity index (χ3n) is 10.5. The highest BCUT2D eigenvalue weighted by Crippen LogP contribution is 2.13. The normalized spacial score (nSPS) is 13.1. The summed E-state index contributed by atoms with van der Waals surface area (Å²) in [5.41, 5.74) is 0. The molecule has 0 amide bonds. The van der Waals surface area contributed by atoms with Crippen molar-refractivity contribution < 1.29 is 28.6 Å². The van der Waals surface area contributed by atoms with Gasteiger partial charge in [-0.1, -0.05) is 213 Å². The van der Waals surface area contributed by atoms with E-state index in [1.54, 1.807) is 0 Å². The van der Waals surface area contributed by atoms with Crippen LogP contribution in [0.2, 0.25) is 0 Å². The molecule has 1 atom stereocenters. The second-order valence-electron chi connectivity index (χ2n) is 16.7. The topological polar surface area (TPSA) is 78.9 Å². The van der Waals surface area contributed by atoms with Crippen LogP contribution < -0.4 is 0 Å². The van der Waals surface area contributed by atoms with E-state index >= 15 is 0 Å². The maximum atomic E-state index is 12.8. The average molecular weight is 899 g/mol. The van der Waals surface area contributed by atoms with E-state index in [0.29, 0.717) is 19.3 Å². The van der Waals surface area contributed by atoms with Gasteiger partial charge in [-0.2, -0.15) is 0 Å². The molecule has 0 aliphatic heterocycles. The minimum atomic E-state index is -0.804. The highest BCUT2D eigenvalue weighted by molar-refractivity contribution is 5.71. The van der Waals surface area contributed by atoms with Crippen LogP contribution in [0.15, 0.2) is 122 Å². The minimum absolute atomic E-state index is 0.102. The molecule has 0 aromatic heterocycles. The Labute approximate surface area is 399 Å². The number of hydrogen-bond acceptors (Lipinski definition) is 6. The number of ether oxygens (including phenoxy) is 3. The zero-order chi connectivity index (χ0) is 47.2. The van der Waals surface area contributed by atoms with Gasteiger partial charge in [0.05, 0.1) is 0 Å². The van der Waals surface area contributed by atoms with Gasteiger partial charge in [0.1, 0.15) is 13.2 Å². The highest BCUT2D eigenvalue weighted by Gasteiger charge is 2.19. The first-order valence-electron chi connectivity index (χ1n) is 26.1. The van der Waals surface area contributed by atoms with Crippen molar-refractivity contribution in [1.29, 1.82) is 0 Å². The minimum Gasteiger partial charge on any atom is -0.462 e. The first-order chi connectivity index (χ1) is 32.0. The van der Waals surface area contributed by atoms with Gasteiger partial charge in [-0.15, -0.1) is 0 Å². The molecule has 0 radical (unpaired) electrons. The first kappa shape index (κ1) is 60.8. The van der Waals surface area contributed by atoms with E-state index in [0.717, 1.165) is 148 Å². The summed E-state index contributed by atoms with van der Waals surface area (Å²) >= 11 is 0. The van der Waals surface area contributed by atoms with E-state index < -0.39 is 6.10 Å². The van der Waals surface area contributed by atoms with E-state index in [2.05, 4.69) is 124 Å². The van der Waals surface area contributed by atoms with Crippen LogP contribution in [0.5, 0.6) is 0 Å². The largest absolute Gasteiger partial charge is 0.462 e. The number of carbonyl (C=O) groups excluding carboxylic acids is 3. The molecular formula is C59H94O6. The van der Waals surface area contributed by atoms with Crippen molar-refractivity contribution >= 4 is 17.9 Å². The van der Waals surface area contributed by atoms with Gasteiger partial charge in [-0.05, 0) is 103 Å². The molecule has 6 heteroatoms. The third-order valence-corrected chi connectivity index (χ3v) is 10.5. The van der Waals surface area contributed by atoms with E-state index in [-0.39, 0.29) is 31.1 Å². The van der Waals surface area contributed by atoms with E-state index in [4.69, 9.17) is 14.2 Å². The lowest BCUT2D eigenvalue weighted by molar-refractivity contribution is -0.167. The Morgan fingerprint density at radius 3 is 1.05 bits per heavy atom. The van der Waals surface area contributed by atoms with Crippen LogP contribution in [0.3, 0.4) is 0 Å². The van der Waals surface area contributed by atoms with Gasteiger partial charge < -0.3 is 14.2 Å². The lowest BCUT2D eigenvalue weighted by Gasteiger charge is -2.18. The van der Waals surface area contributed by atoms with Gasteiger partial charge in [0.25, 0.3) is 0 Å². The predicted molar refractivity (Wildman–Crippen MR) is 279 cm³/mol. The summed E-state index contributed by atoms with van der Waals surface area (Å²) in [5.74, 6) is -0.957. The Balaban J connectivity index is 4.50. The molecule has 0 aromatic carbocycles. The Kier molecular flexibility index (Phi) is 49.1. The summed E-state index contributed by atoms with van der Waals surface area (Å²) in [4.78, 5) is 38.0. The van der Waals surface area contributed by atoms with Crippen LogP contribution in [0.1, 0.15) is 213 Å². The molecule has 0 aliphatic rings. The van der Waals surface area contributed by atoms with Crippen molar-refractivity contribution in [2.24, 2.45) is 0 Å². The van der Waals surface area contributed by atoms with Gasteiger partial charge in [0.15, 0.2) is 6.10 Å². The van der Waals surface area contributed by atoms with Gasteiger partial charge in [-0.25, -0.2) is 0 Å². The second kappa shape index (κ2) is 52.4. The summed E-state index contributed by atoms with van der Waals surface area (Å²) in [7, 11) is 0. The standard InChI is InChI=1S/C59H94O6/c1-4-7-10-13-16-19-22-25-28-31-34-37-40-43-46-49-52-58(61)64-55-56(54-63-57(60)51-48-45-42-39-36-33-30-27-24-21-18-15-12-9-6-3)65-59(62)53-50-47-44-41-38-35-32-29-26-23-20-17-14-11-8-5-2/h7-12,15-21,24-30,56H,4-6,13-14,22-23,31-55H2,1-3H3/b10-7-,11-8-,12-9-,18-15-,19-16-,20-17-,24-21-,28-25-,29-26-,30-27-. The van der Waals surface area contributed by atoms with Crippen molar-refractivity contribution in [2.75, 3.05) is 13.2 Å². The van der Waals surface area contributed by atoms with Crippen LogP contribution in [0, 0.1) is 0 Å². The van der Waals surface area contributed by atoms with Gasteiger partial charge in [0, 0.05) is 19.3 Å². The van der Waals surface area contributed by atoms with E-state index in [9.17, 15) is 14.4 Å². The van der Waals surface area contributed by atoms with Crippen molar-refractivity contribution in [2.45, 2.75) is 219 Å². The van der Waals surface area contributed by atoms with Crippen molar-refractivity contribution in [3.05, 3.63) is 122 Å². The lowest BCUT2D eigenvalue weighted by Crippen LogP contribution is -2.30. The monoisotopic (exact) mass is 899 g/mol. The number of esters is 3. The number of allylic oxidation sites excluding steroid dienone is 20. The molecular weight excluding hydrogens is 805 g/mol. The molecule has 0 heterocycles. The summed E-state index contributed by atoms with van der Waals surface area (Å²) in [5, 5.41) is 0. The molecule has 65 heavy (non-hydrogen) atoms. The SMILES string of the molecule is CC\C=C/C=C\C=C/C=C\CCCCCCCC(=O)OCC(COC(=O)CCCCCCCC/C=C\C/C=C\C/C=C\CC)OC(=O)CCCCCCCC/C=C\C/C=C\C/C=C\CC. The van der Waals surface area contributed by atoms with Crippen LogP contribution >= 0.6 is 0 Å². The van der Waals surface area contributed by atoms with Gasteiger partial charge in [-0.3, -0.25) is 14.4 Å². The summed E-state index contributed by atoms with van der Waals surface area (Å²) in [6.45, 7) is 6.22. The molecule has 1 unspecified atom stereocenters. The van der Waals surface area contributed by atoms with Crippen molar-refractivity contribution in [3.63, 3.8) is 0 Å². The van der Waals surface area contributed by atoms with E-state index in [1.807, 2.05) is 18.2 Å². The molecule has 0 N–H and O–H groups in total.